The van der Waals surface area contributed by atoms with Crippen molar-refractivity contribution in [3.8, 4) is 0 Å². The first-order valence-electron chi connectivity index (χ1n) is 9.38. The maximum atomic E-state index is 13.9. The fraction of sp³-hybridized carbons (Fsp3) is 0.318. The van der Waals surface area contributed by atoms with Crippen molar-refractivity contribution < 1.29 is 18.0 Å². The van der Waals surface area contributed by atoms with Crippen LogP contribution in [0.1, 0.15) is 27.9 Å². The van der Waals surface area contributed by atoms with Crippen molar-refractivity contribution in [3.63, 3.8) is 0 Å². The smallest absolute Gasteiger partial charge is 0.189 e. The minimum absolute atomic E-state index is 0.213. The number of nitrogens with zero attached hydrogens (tertiary/aromatic N) is 2. The van der Waals surface area contributed by atoms with E-state index in [2.05, 4.69) is 22.9 Å². The molecule has 1 heterocycles. The van der Waals surface area contributed by atoms with Crippen molar-refractivity contribution in [2.75, 3.05) is 38.1 Å². The third-order valence-electron chi connectivity index (χ3n) is 5.51. The van der Waals surface area contributed by atoms with Gasteiger partial charge in [0.15, 0.2) is 17.4 Å². The predicted molar refractivity (Wildman–Crippen MR) is 103 cm³/mol. The molecule has 0 spiro atoms. The van der Waals surface area contributed by atoms with Gasteiger partial charge in [-0.1, -0.05) is 0 Å². The van der Waals surface area contributed by atoms with Crippen molar-refractivity contribution in [2.45, 2.75) is 12.8 Å². The molecule has 146 valence electrons. The first-order chi connectivity index (χ1) is 13.4. The number of Topliss-reactive ketones (excluding diaryl/α,β-unsaturated/α-hetero) is 1. The Morgan fingerprint density at radius 1 is 0.964 bits per heavy atom. The SMILES string of the molecule is CN1CCN(c2ccc3c(c2)CC/C(=C\c2cc(F)cc(F)c2F)C3=O)CC1. The Bertz CT molecular complexity index is 962. The van der Waals surface area contributed by atoms with Gasteiger partial charge >= 0.3 is 0 Å². The van der Waals surface area contributed by atoms with E-state index in [1.165, 1.54) is 6.08 Å². The van der Waals surface area contributed by atoms with Crippen LogP contribution in [-0.4, -0.2) is 43.9 Å². The molecule has 1 aliphatic heterocycles. The molecule has 0 radical (unpaired) electrons. The average molecular weight is 386 g/mol. The summed E-state index contributed by atoms with van der Waals surface area (Å²) in [5.74, 6) is -3.48. The maximum absolute atomic E-state index is 13.9. The van der Waals surface area contributed by atoms with Crippen LogP contribution in [0.4, 0.5) is 18.9 Å². The Morgan fingerprint density at radius 3 is 2.46 bits per heavy atom. The number of benzene rings is 2. The van der Waals surface area contributed by atoms with Crippen LogP contribution in [0, 0.1) is 17.5 Å². The number of hydrogen-bond donors (Lipinski definition) is 0. The summed E-state index contributed by atoms with van der Waals surface area (Å²) in [5, 5.41) is 0. The third-order valence-corrected chi connectivity index (χ3v) is 5.51. The van der Waals surface area contributed by atoms with Gasteiger partial charge in [-0.25, -0.2) is 13.2 Å². The second kappa shape index (κ2) is 7.43. The summed E-state index contributed by atoms with van der Waals surface area (Å²) in [6, 6.07) is 7.20. The highest BCUT2D eigenvalue weighted by molar-refractivity contribution is 6.13. The van der Waals surface area contributed by atoms with E-state index in [0.717, 1.165) is 43.5 Å². The highest BCUT2D eigenvalue weighted by Crippen LogP contribution is 2.31. The molecule has 0 aromatic heterocycles. The third kappa shape index (κ3) is 3.56. The Morgan fingerprint density at radius 2 is 1.71 bits per heavy atom. The number of carbonyl (C=O) groups excluding carboxylic acids is 1. The summed E-state index contributed by atoms with van der Waals surface area (Å²) in [5.41, 5.74) is 2.77. The number of piperazine rings is 1. The average Bonchev–Trinajstić information content (AvgIpc) is 2.68. The molecule has 1 saturated heterocycles. The van der Waals surface area contributed by atoms with E-state index >= 15 is 0 Å². The molecule has 0 unspecified atom stereocenters. The Balaban J connectivity index is 1.61. The fourth-order valence-corrected chi connectivity index (χ4v) is 3.83. The van der Waals surface area contributed by atoms with Gasteiger partial charge in [0.05, 0.1) is 0 Å². The monoisotopic (exact) mass is 386 g/mol. The zero-order valence-electron chi connectivity index (χ0n) is 15.6. The van der Waals surface area contributed by atoms with E-state index in [1.807, 2.05) is 6.07 Å². The number of likely N-dealkylation sites (N-methyl/N-ethyl adjacent to an activating group) is 1. The molecule has 1 aliphatic carbocycles. The summed E-state index contributed by atoms with van der Waals surface area (Å²) in [7, 11) is 2.10. The normalized spacial score (nSPS) is 19.2. The Labute approximate surface area is 162 Å². The topological polar surface area (TPSA) is 23.6 Å². The first kappa shape index (κ1) is 18.7. The van der Waals surface area contributed by atoms with Gasteiger partial charge in [0.2, 0.25) is 0 Å². The highest BCUT2D eigenvalue weighted by Gasteiger charge is 2.24. The number of hydrogen-bond acceptors (Lipinski definition) is 3. The molecule has 0 N–H and O–H groups in total. The Hall–Kier alpha value is -2.60. The van der Waals surface area contributed by atoms with E-state index in [9.17, 15) is 18.0 Å². The number of ketones is 1. The quantitative estimate of drug-likeness (QED) is 0.574. The number of fused-ring (bicyclic) bond motifs is 1. The number of allylic oxidation sites excluding steroid dienone is 1. The number of anilines is 1. The van der Waals surface area contributed by atoms with Gasteiger partial charge in [0.1, 0.15) is 5.82 Å². The summed E-state index contributed by atoms with van der Waals surface area (Å²) in [4.78, 5) is 17.4. The van der Waals surface area contributed by atoms with E-state index in [4.69, 9.17) is 0 Å². The maximum Gasteiger partial charge on any atom is 0.189 e. The van der Waals surface area contributed by atoms with Crippen molar-refractivity contribution in [2.24, 2.45) is 0 Å². The van der Waals surface area contributed by atoms with Gasteiger partial charge in [-0.3, -0.25) is 4.79 Å². The molecule has 6 heteroatoms. The van der Waals surface area contributed by atoms with Crippen molar-refractivity contribution in [1.29, 1.82) is 0 Å². The van der Waals surface area contributed by atoms with Crippen molar-refractivity contribution in [1.82, 2.24) is 4.90 Å². The van der Waals surface area contributed by atoms with Crippen LogP contribution in [0.3, 0.4) is 0 Å². The second-order valence-electron chi connectivity index (χ2n) is 7.42. The van der Waals surface area contributed by atoms with Crippen LogP contribution < -0.4 is 4.90 Å². The summed E-state index contributed by atoms with van der Waals surface area (Å²) >= 11 is 0. The predicted octanol–water partition coefficient (Wildman–Crippen LogP) is 4.07. The molecular formula is C22H21F3N2O. The molecule has 2 aromatic carbocycles. The lowest BCUT2D eigenvalue weighted by atomic mass is 9.85. The molecule has 3 nitrogen and oxygen atoms in total. The van der Waals surface area contributed by atoms with E-state index in [0.29, 0.717) is 30.0 Å². The van der Waals surface area contributed by atoms with E-state index < -0.39 is 17.5 Å². The van der Waals surface area contributed by atoms with Gasteiger partial charge < -0.3 is 9.80 Å². The number of rotatable bonds is 2. The standard InChI is InChI=1S/C22H21F3N2O/c1-26-6-8-27(9-7-26)18-4-5-19-14(12-18)2-3-15(22(19)28)10-16-11-17(23)13-20(24)21(16)25/h4-5,10-13H,2-3,6-9H2,1H3/b15-10+. The minimum atomic E-state index is -1.26. The van der Waals surface area contributed by atoms with Crippen LogP contribution in [0.25, 0.3) is 6.08 Å². The summed E-state index contributed by atoms with van der Waals surface area (Å²) < 4.78 is 40.8. The molecule has 28 heavy (non-hydrogen) atoms. The number of halogens is 3. The van der Waals surface area contributed by atoms with Crippen LogP contribution in [-0.2, 0) is 6.42 Å². The van der Waals surface area contributed by atoms with Gasteiger partial charge in [-0.15, -0.1) is 0 Å². The van der Waals surface area contributed by atoms with Gasteiger partial charge in [-0.2, -0.15) is 0 Å². The molecule has 0 atom stereocenters. The summed E-state index contributed by atoms with van der Waals surface area (Å²) in [6.07, 6.45) is 2.31. The van der Waals surface area contributed by atoms with E-state index in [-0.39, 0.29) is 11.3 Å². The molecule has 0 amide bonds. The van der Waals surface area contributed by atoms with Gasteiger partial charge in [0, 0.05) is 54.6 Å². The molecule has 1 fully saturated rings. The van der Waals surface area contributed by atoms with Crippen LogP contribution in [0.15, 0.2) is 35.9 Å². The lowest BCUT2D eigenvalue weighted by Gasteiger charge is -2.34. The van der Waals surface area contributed by atoms with Crippen LogP contribution in [0.2, 0.25) is 0 Å². The van der Waals surface area contributed by atoms with E-state index in [1.54, 1.807) is 6.07 Å². The molecule has 0 saturated carbocycles. The van der Waals surface area contributed by atoms with Gasteiger partial charge in [-0.05, 0) is 55.8 Å². The van der Waals surface area contributed by atoms with Crippen molar-refractivity contribution in [3.05, 3.63) is 70.0 Å². The molecule has 0 bridgehead atoms. The molecule has 4 rings (SSSR count). The second-order valence-corrected chi connectivity index (χ2v) is 7.42. The summed E-state index contributed by atoms with van der Waals surface area (Å²) in [6.45, 7) is 3.88. The molecule has 2 aromatic rings. The van der Waals surface area contributed by atoms with Crippen LogP contribution >= 0.6 is 0 Å². The number of carbonyl (C=O) groups is 1. The number of aryl methyl sites for hydroxylation is 1. The lowest BCUT2D eigenvalue weighted by Crippen LogP contribution is -2.44. The fourth-order valence-electron chi connectivity index (χ4n) is 3.83. The Kier molecular flexibility index (Phi) is 4.98. The highest BCUT2D eigenvalue weighted by atomic mass is 19.2. The first-order valence-corrected chi connectivity index (χ1v) is 9.38. The zero-order valence-corrected chi connectivity index (χ0v) is 15.6. The molecular weight excluding hydrogens is 365 g/mol. The minimum Gasteiger partial charge on any atom is -0.369 e. The zero-order chi connectivity index (χ0) is 19.8. The van der Waals surface area contributed by atoms with Crippen molar-refractivity contribution >= 4 is 17.5 Å². The largest absolute Gasteiger partial charge is 0.369 e. The lowest BCUT2D eigenvalue weighted by molar-refractivity contribution is 0.102. The van der Waals surface area contributed by atoms with Gasteiger partial charge in [0.25, 0.3) is 0 Å². The molecule has 2 aliphatic rings. The van der Waals surface area contributed by atoms with Crippen LogP contribution in [0.5, 0.6) is 0 Å².